The van der Waals surface area contributed by atoms with Crippen LogP contribution in [0.1, 0.15) is 33.1 Å². The highest BCUT2D eigenvalue weighted by Gasteiger charge is 2.63. The molecule has 0 N–H and O–H groups in total. The van der Waals surface area contributed by atoms with Crippen molar-refractivity contribution in [3.63, 3.8) is 0 Å². The van der Waals surface area contributed by atoms with Crippen molar-refractivity contribution >= 4 is 5.97 Å². The van der Waals surface area contributed by atoms with E-state index in [0.29, 0.717) is 12.8 Å². The molecule has 0 saturated carbocycles. The Bertz CT molecular complexity index is 362. The smallest absolute Gasteiger partial charge is 0.318 e. The molecule has 0 amide bonds. The lowest BCUT2D eigenvalue weighted by Gasteiger charge is -2.38. The molecule has 17 heavy (non-hydrogen) atoms. The van der Waals surface area contributed by atoms with Crippen molar-refractivity contribution in [2.75, 3.05) is 14.2 Å². The number of carbonyl (C=O) groups excluding carboxylic acids is 1. The van der Waals surface area contributed by atoms with E-state index in [1.54, 1.807) is 14.2 Å². The maximum absolute atomic E-state index is 12.1. The van der Waals surface area contributed by atoms with Crippen LogP contribution in [0.15, 0.2) is 11.8 Å². The molecule has 0 radical (unpaired) electrons. The van der Waals surface area contributed by atoms with Gasteiger partial charge in [-0.2, -0.15) is 0 Å². The van der Waals surface area contributed by atoms with E-state index in [1.807, 2.05) is 19.9 Å². The van der Waals surface area contributed by atoms with Gasteiger partial charge in [-0.3, -0.25) is 4.79 Å². The Morgan fingerprint density at radius 1 is 1.47 bits per heavy atom. The van der Waals surface area contributed by atoms with Crippen molar-refractivity contribution in [2.45, 2.75) is 38.9 Å². The molecule has 0 aromatic heterocycles. The summed E-state index contributed by atoms with van der Waals surface area (Å²) in [6, 6.07) is 0. The number of rotatable bonds is 4. The highest BCUT2D eigenvalue weighted by atomic mass is 16.7. The van der Waals surface area contributed by atoms with Gasteiger partial charge >= 0.3 is 5.97 Å². The Morgan fingerprint density at radius 2 is 2.18 bits per heavy atom. The van der Waals surface area contributed by atoms with Crippen molar-refractivity contribution in [2.24, 2.45) is 11.3 Å². The van der Waals surface area contributed by atoms with Gasteiger partial charge < -0.3 is 14.2 Å². The van der Waals surface area contributed by atoms with Gasteiger partial charge in [0, 0.05) is 13.5 Å². The summed E-state index contributed by atoms with van der Waals surface area (Å²) in [4.78, 5) is 12.1. The van der Waals surface area contributed by atoms with Gasteiger partial charge in [0.2, 0.25) is 5.79 Å². The average molecular weight is 240 g/mol. The Labute approximate surface area is 102 Å². The zero-order valence-electron chi connectivity index (χ0n) is 10.9. The van der Waals surface area contributed by atoms with Crippen molar-refractivity contribution in [1.29, 1.82) is 0 Å². The molecule has 1 aliphatic heterocycles. The molecule has 1 saturated heterocycles. The summed E-state index contributed by atoms with van der Waals surface area (Å²) in [5.74, 6) is -0.216. The summed E-state index contributed by atoms with van der Waals surface area (Å²) >= 11 is 0. The quantitative estimate of drug-likeness (QED) is 0.707. The largest absolute Gasteiger partial charge is 0.501 e. The molecule has 4 heteroatoms. The monoisotopic (exact) mass is 240 g/mol. The number of ether oxygens (including phenoxy) is 3. The molecular formula is C13H20O4. The normalized spacial score (nSPS) is 39.9. The number of esters is 1. The second-order valence-electron chi connectivity index (χ2n) is 4.80. The topological polar surface area (TPSA) is 44.8 Å². The van der Waals surface area contributed by atoms with E-state index >= 15 is 0 Å². The molecule has 1 heterocycles. The standard InChI is InChI=1S/C13H20O4/c1-5-9-10(15-3)7-12(6-2)8-13(9,16-4)17-11(12)14/h7,9H,5-6,8H2,1-4H3/t9-,12-,13+/m1/s1. The number of methoxy groups -OCH3 is 2. The molecule has 4 nitrogen and oxygen atoms in total. The van der Waals surface area contributed by atoms with Crippen LogP contribution in [0, 0.1) is 11.3 Å². The van der Waals surface area contributed by atoms with Crippen LogP contribution >= 0.6 is 0 Å². The maximum atomic E-state index is 12.1. The number of fused-ring (bicyclic) bond motifs is 2. The lowest BCUT2D eigenvalue weighted by molar-refractivity contribution is -0.224. The molecule has 96 valence electrons. The Balaban J connectivity index is 2.52. The molecule has 3 atom stereocenters. The van der Waals surface area contributed by atoms with Crippen LogP contribution in [0.2, 0.25) is 0 Å². The molecule has 2 bridgehead atoms. The van der Waals surface area contributed by atoms with Crippen LogP contribution in [0.4, 0.5) is 0 Å². The van der Waals surface area contributed by atoms with Gasteiger partial charge in [0.25, 0.3) is 0 Å². The van der Waals surface area contributed by atoms with Crippen LogP contribution in [-0.4, -0.2) is 26.0 Å². The third-order valence-electron chi connectivity index (χ3n) is 4.15. The first-order chi connectivity index (χ1) is 8.07. The van der Waals surface area contributed by atoms with Crippen LogP contribution in [0.5, 0.6) is 0 Å². The second kappa shape index (κ2) is 4.02. The summed E-state index contributed by atoms with van der Waals surface area (Å²) in [6.45, 7) is 4.03. The first-order valence-corrected chi connectivity index (χ1v) is 6.12. The van der Waals surface area contributed by atoms with E-state index < -0.39 is 11.2 Å². The molecule has 2 aliphatic rings. The minimum atomic E-state index is -0.831. The molecular weight excluding hydrogens is 220 g/mol. The molecule has 0 spiro atoms. The number of hydrogen-bond acceptors (Lipinski definition) is 4. The summed E-state index contributed by atoms with van der Waals surface area (Å²) in [7, 11) is 3.23. The zero-order chi connectivity index (χ0) is 12.7. The van der Waals surface area contributed by atoms with E-state index in [0.717, 1.165) is 12.2 Å². The first kappa shape index (κ1) is 12.4. The molecule has 0 aromatic rings. The molecule has 1 fully saturated rings. The van der Waals surface area contributed by atoms with Gasteiger partial charge in [0.1, 0.15) is 5.76 Å². The van der Waals surface area contributed by atoms with Crippen molar-refractivity contribution in [3.8, 4) is 0 Å². The van der Waals surface area contributed by atoms with Crippen LogP contribution in [0.25, 0.3) is 0 Å². The van der Waals surface area contributed by atoms with Gasteiger partial charge in [-0.05, 0) is 18.9 Å². The fraction of sp³-hybridized carbons (Fsp3) is 0.769. The van der Waals surface area contributed by atoms with Crippen molar-refractivity contribution in [1.82, 2.24) is 0 Å². The maximum Gasteiger partial charge on any atom is 0.318 e. The average Bonchev–Trinajstić information content (AvgIpc) is 2.59. The minimum Gasteiger partial charge on any atom is -0.501 e. The minimum absolute atomic E-state index is 0.0105. The molecule has 2 rings (SSSR count). The van der Waals surface area contributed by atoms with Gasteiger partial charge in [-0.15, -0.1) is 0 Å². The van der Waals surface area contributed by atoms with E-state index in [9.17, 15) is 4.79 Å². The Morgan fingerprint density at radius 3 is 2.65 bits per heavy atom. The molecule has 0 aromatic carbocycles. The van der Waals surface area contributed by atoms with E-state index in [2.05, 4.69) is 0 Å². The van der Waals surface area contributed by atoms with Gasteiger partial charge in [0.15, 0.2) is 0 Å². The van der Waals surface area contributed by atoms with Crippen LogP contribution < -0.4 is 0 Å². The number of hydrogen-bond donors (Lipinski definition) is 0. The summed E-state index contributed by atoms with van der Waals surface area (Å²) in [5, 5.41) is 0. The van der Waals surface area contributed by atoms with Crippen molar-refractivity contribution < 1.29 is 19.0 Å². The zero-order valence-corrected chi connectivity index (χ0v) is 10.9. The predicted octanol–water partition coefficient (Wildman–Crippen LogP) is 2.24. The lowest BCUT2D eigenvalue weighted by Crippen LogP contribution is -2.43. The van der Waals surface area contributed by atoms with E-state index in [1.165, 1.54) is 0 Å². The number of carbonyl (C=O) groups is 1. The Kier molecular flexibility index (Phi) is 2.94. The fourth-order valence-electron chi connectivity index (χ4n) is 3.04. The fourth-order valence-corrected chi connectivity index (χ4v) is 3.04. The predicted molar refractivity (Wildman–Crippen MR) is 62.0 cm³/mol. The third-order valence-corrected chi connectivity index (χ3v) is 4.15. The Hall–Kier alpha value is -1.03. The second-order valence-corrected chi connectivity index (χ2v) is 4.80. The van der Waals surface area contributed by atoms with Crippen molar-refractivity contribution in [3.05, 3.63) is 11.8 Å². The summed E-state index contributed by atoms with van der Waals surface area (Å²) in [6.07, 6.45) is 4.06. The van der Waals surface area contributed by atoms with Gasteiger partial charge in [-0.25, -0.2) is 0 Å². The molecule has 1 aliphatic carbocycles. The van der Waals surface area contributed by atoms with Crippen LogP contribution in [0.3, 0.4) is 0 Å². The summed E-state index contributed by atoms with van der Waals surface area (Å²) in [5.41, 5.74) is -0.562. The SMILES string of the molecule is CC[C@@H]1C(OC)=C[C@]2(CC)C[C@]1(OC)OC2=O. The van der Waals surface area contributed by atoms with Crippen LogP contribution in [-0.2, 0) is 19.0 Å². The summed E-state index contributed by atoms with van der Waals surface area (Å²) < 4.78 is 16.5. The lowest BCUT2D eigenvalue weighted by atomic mass is 9.71. The van der Waals surface area contributed by atoms with Gasteiger partial charge in [-0.1, -0.05) is 13.8 Å². The highest BCUT2D eigenvalue weighted by molar-refractivity contribution is 5.82. The van der Waals surface area contributed by atoms with Gasteiger partial charge in [0.05, 0.1) is 18.4 Å². The first-order valence-electron chi connectivity index (χ1n) is 6.12. The third kappa shape index (κ3) is 1.50. The van der Waals surface area contributed by atoms with E-state index in [4.69, 9.17) is 14.2 Å². The highest BCUT2D eigenvalue weighted by Crippen LogP contribution is 2.55. The molecule has 0 unspecified atom stereocenters. The van der Waals surface area contributed by atoms with E-state index in [-0.39, 0.29) is 11.9 Å².